The Bertz CT molecular complexity index is 747. The van der Waals surface area contributed by atoms with Crippen molar-refractivity contribution in [3.8, 4) is 0 Å². The fraction of sp³-hybridized carbons (Fsp3) is 0.692. The summed E-state index contributed by atoms with van der Waals surface area (Å²) in [7, 11) is 0. The Hall–Kier alpha value is -1.88. The molecule has 0 radical (unpaired) electrons. The second-order valence-corrected chi connectivity index (χ2v) is 9.55. The minimum Gasteiger partial charge on any atom is -0.465 e. The van der Waals surface area contributed by atoms with Gasteiger partial charge in [0.1, 0.15) is 6.61 Å². The van der Waals surface area contributed by atoms with E-state index in [1.54, 1.807) is 0 Å². The van der Waals surface area contributed by atoms with Gasteiger partial charge in [0.15, 0.2) is 0 Å². The zero-order valence-electron chi connectivity index (χ0n) is 18.8. The van der Waals surface area contributed by atoms with Crippen LogP contribution in [0.3, 0.4) is 0 Å². The number of epoxide rings is 1. The molecule has 0 N–H and O–H groups in total. The van der Waals surface area contributed by atoms with Crippen molar-refractivity contribution in [3.63, 3.8) is 0 Å². The number of esters is 2. The molecule has 5 heteroatoms. The van der Waals surface area contributed by atoms with E-state index in [1.807, 2.05) is 30.3 Å². The van der Waals surface area contributed by atoms with Crippen molar-refractivity contribution in [2.75, 3.05) is 6.61 Å². The molecule has 1 saturated heterocycles. The average Bonchev–Trinajstić information content (AvgIpc) is 3.40. The van der Waals surface area contributed by atoms with E-state index in [4.69, 9.17) is 14.2 Å². The average molecular weight is 429 g/mol. The van der Waals surface area contributed by atoms with Crippen molar-refractivity contribution < 1.29 is 23.8 Å². The Labute approximate surface area is 185 Å². The van der Waals surface area contributed by atoms with Gasteiger partial charge in [-0.05, 0) is 30.7 Å². The molecule has 2 saturated carbocycles. The lowest BCUT2D eigenvalue weighted by Crippen LogP contribution is -2.40. The predicted molar refractivity (Wildman–Crippen MR) is 117 cm³/mol. The highest BCUT2D eigenvalue weighted by Crippen LogP contribution is 2.62. The highest BCUT2D eigenvalue weighted by molar-refractivity contribution is 5.84. The zero-order valence-corrected chi connectivity index (χ0v) is 18.8. The molecule has 1 aromatic carbocycles. The molecule has 1 heterocycles. The van der Waals surface area contributed by atoms with Crippen molar-refractivity contribution in [3.05, 3.63) is 35.9 Å². The molecule has 1 aromatic rings. The van der Waals surface area contributed by atoms with E-state index in [1.165, 1.54) is 19.3 Å². The summed E-state index contributed by atoms with van der Waals surface area (Å²) in [5.74, 6) is -0.759. The van der Waals surface area contributed by atoms with Crippen LogP contribution in [0.4, 0.5) is 0 Å². The molecule has 170 valence electrons. The first kappa shape index (κ1) is 22.3. The van der Waals surface area contributed by atoms with Crippen LogP contribution in [0.5, 0.6) is 0 Å². The number of fused-ring (bicyclic) bond motifs is 5. The van der Waals surface area contributed by atoms with Crippen LogP contribution < -0.4 is 0 Å². The van der Waals surface area contributed by atoms with Crippen molar-refractivity contribution in [1.29, 1.82) is 0 Å². The van der Waals surface area contributed by atoms with Gasteiger partial charge in [-0.1, -0.05) is 69.9 Å². The van der Waals surface area contributed by atoms with E-state index in [-0.39, 0.29) is 42.6 Å². The molecular weight excluding hydrogens is 392 g/mol. The summed E-state index contributed by atoms with van der Waals surface area (Å²) in [6.07, 6.45) is 7.99. The lowest BCUT2D eigenvalue weighted by Gasteiger charge is -2.26. The molecule has 7 unspecified atom stereocenters. The maximum absolute atomic E-state index is 13.1. The maximum atomic E-state index is 13.1. The lowest BCUT2D eigenvalue weighted by molar-refractivity contribution is -0.164. The Morgan fingerprint density at radius 3 is 2.26 bits per heavy atom. The minimum atomic E-state index is -0.435. The Kier molecular flexibility index (Phi) is 7.31. The molecule has 0 aromatic heterocycles. The normalized spacial score (nSPS) is 31.2. The summed E-state index contributed by atoms with van der Waals surface area (Å²) in [4.78, 5) is 26.2. The largest absolute Gasteiger partial charge is 0.465 e. The third kappa shape index (κ3) is 4.97. The number of ether oxygens (including phenoxy) is 3. The second-order valence-electron chi connectivity index (χ2n) is 9.55. The lowest BCUT2D eigenvalue weighted by atomic mass is 9.79. The van der Waals surface area contributed by atoms with Gasteiger partial charge in [0, 0.05) is 11.8 Å². The first-order chi connectivity index (χ1) is 15.1. The van der Waals surface area contributed by atoms with Crippen LogP contribution in [0.2, 0.25) is 0 Å². The molecule has 0 amide bonds. The van der Waals surface area contributed by atoms with Gasteiger partial charge in [0.2, 0.25) is 0 Å². The van der Waals surface area contributed by atoms with Crippen LogP contribution in [0, 0.1) is 29.6 Å². The summed E-state index contributed by atoms with van der Waals surface area (Å²) in [6, 6.07) is 9.66. The molecule has 3 fully saturated rings. The molecule has 4 rings (SSSR count). The topological polar surface area (TPSA) is 65.1 Å². The number of carbonyl (C=O) groups is 2. The third-order valence-corrected chi connectivity index (χ3v) is 7.40. The summed E-state index contributed by atoms with van der Waals surface area (Å²) in [5, 5.41) is 0. The van der Waals surface area contributed by atoms with Crippen LogP contribution in [0.25, 0.3) is 0 Å². The first-order valence-corrected chi connectivity index (χ1v) is 12.2. The van der Waals surface area contributed by atoms with Crippen molar-refractivity contribution in [2.45, 2.75) is 77.6 Å². The molecule has 0 spiro atoms. The zero-order chi connectivity index (χ0) is 21.8. The van der Waals surface area contributed by atoms with Crippen LogP contribution in [0.15, 0.2) is 30.3 Å². The molecule has 1 aliphatic heterocycles. The number of benzene rings is 1. The van der Waals surface area contributed by atoms with E-state index in [9.17, 15) is 9.59 Å². The Morgan fingerprint density at radius 2 is 1.61 bits per heavy atom. The highest BCUT2D eigenvalue weighted by Gasteiger charge is 2.71. The quantitative estimate of drug-likeness (QED) is 0.269. The number of hydrogen-bond donors (Lipinski definition) is 0. The molecular formula is C26H36O5. The van der Waals surface area contributed by atoms with Gasteiger partial charge >= 0.3 is 11.9 Å². The summed E-state index contributed by atoms with van der Waals surface area (Å²) >= 11 is 0. The van der Waals surface area contributed by atoms with E-state index < -0.39 is 11.8 Å². The van der Waals surface area contributed by atoms with Crippen LogP contribution >= 0.6 is 0 Å². The summed E-state index contributed by atoms with van der Waals surface area (Å²) < 4.78 is 17.2. The van der Waals surface area contributed by atoms with Gasteiger partial charge in [-0.3, -0.25) is 9.59 Å². The van der Waals surface area contributed by atoms with Crippen LogP contribution in [0.1, 0.15) is 64.4 Å². The number of carbonyl (C=O) groups excluding carboxylic acids is 2. The SMILES string of the molecule is CCCCCC(CCC)COC(=O)C1C2CC(C3OC23)C1C(=O)OCc1ccccc1. The Morgan fingerprint density at radius 1 is 0.935 bits per heavy atom. The third-order valence-electron chi connectivity index (χ3n) is 7.40. The molecule has 3 aliphatic rings. The Balaban J connectivity index is 1.36. The fourth-order valence-corrected chi connectivity index (χ4v) is 5.81. The molecule has 7 atom stereocenters. The van der Waals surface area contributed by atoms with Gasteiger partial charge in [0.25, 0.3) is 0 Å². The minimum absolute atomic E-state index is 0.0896. The highest BCUT2D eigenvalue weighted by atomic mass is 16.6. The molecule has 5 nitrogen and oxygen atoms in total. The van der Waals surface area contributed by atoms with Gasteiger partial charge in [-0.15, -0.1) is 0 Å². The van der Waals surface area contributed by atoms with E-state index in [0.29, 0.717) is 12.5 Å². The van der Waals surface area contributed by atoms with Gasteiger partial charge in [-0.25, -0.2) is 0 Å². The van der Waals surface area contributed by atoms with Gasteiger partial charge in [0.05, 0.1) is 30.7 Å². The van der Waals surface area contributed by atoms with Crippen LogP contribution in [-0.2, 0) is 30.4 Å². The van der Waals surface area contributed by atoms with E-state index >= 15 is 0 Å². The summed E-state index contributed by atoms with van der Waals surface area (Å²) in [6.45, 7) is 5.08. The molecule has 31 heavy (non-hydrogen) atoms. The molecule has 2 aliphatic carbocycles. The second kappa shape index (κ2) is 10.2. The van der Waals surface area contributed by atoms with Crippen molar-refractivity contribution >= 4 is 11.9 Å². The monoisotopic (exact) mass is 428 g/mol. The fourth-order valence-electron chi connectivity index (χ4n) is 5.81. The smallest absolute Gasteiger partial charge is 0.310 e. The number of hydrogen-bond acceptors (Lipinski definition) is 5. The van der Waals surface area contributed by atoms with Gasteiger partial charge < -0.3 is 14.2 Å². The maximum Gasteiger partial charge on any atom is 0.310 e. The number of rotatable bonds is 12. The van der Waals surface area contributed by atoms with E-state index in [0.717, 1.165) is 31.2 Å². The van der Waals surface area contributed by atoms with Gasteiger partial charge in [-0.2, -0.15) is 0 Å². The summed E-state index contributed by atoms with van der Waals surface area (Å²) in [5.41, 5.74) is 0.952. The van der Waals surface area contributed by atoms with E-state index in [2.05, 4.69) is 13.8 Å². The van der Waals surface area contributed by atoms with Crippen molar-refractivity contribution in [2.24, 2.45) is 29.6 Å². The predicted octanol–water partition coefficient (Wildman–Crippen LogP) is 4.92. The van der Waals surface area contributed by atoms with Crippen LogP contribution in [-0.4, -0.2) is 30.8 Å². The standard InChI is InChI=1S/C26H36O5/c1-3-5-7-11-17(10-4-2)15-29-25(27)21-19-14-20(24-23(19)31-24)22(21)26(28)30-16-18-12-8-6-9-13-18/h6,8-9,12-13,17,19-24H,3-5,7,10-11,14-16H2,1-2H3. The first-order valence-electron chi connectivity index (χ1n) is 12.2. The number of unbranched alkanes of at least 4 members (excludes halogenated alkanes) is 2. The molecule has 2 bridgehead atoms. The van der Waals surface area contributed by atoms with Crippen molar-refractivity contribution in [1.82, 2.24) is 0 Å².